The molecule has 0 amide bonds. The second-order valence-electron chi connectivity index (χ2n) is 1.70. The van der Waals surface area contributed by atoms with Crippen LogP contribution in [0.25, 0.3) is 0 Å². The third-order valence-electron chi connectivity index (χ3n) is 0.858. The highest BCUT2D eigenvalue weighted by molar-refractivity contribution is 4.55. The van der Waals surface area contributed by atoms with Crippen LogP contribution in [0, 0.1) is 0 Å². The second-order valence-corrected chi connectivity index (χ2v) is 1.70. The van der Waals surface area contributed by atoms with Crippen molar-refractivity contribution in [1.82, 2.24) is 0 Å². The summed E-state index contributed by atoms with van der Waals surface area (Å²) in [4.78, 5) is 0. The molecule has 0 radical (unpaired) electrons. The van der Waals surface area contributed by atoms with Crippen LogP contribution in [0.3, 0.4) is 0 Å². The molecule has 0 saturated carbocycles. The lowest BCUT2D eigenvalue weighted by atomic mass is 10.2. The Morgan fingerprint density at radius 1 is 1.71 bits per heavy atom. The highest BCUT2D eigenvalue weighted by Gasteiger charge is 1.95. The van der Waals surface area contributed by atoms with E-state index in [9.17, 15) is 4.39 Å². The summed E-state index contributed by atoms with van der Waals surface area (Å²) in [6.07, 6.45) is 1.78. The maximum atomic E-state index is 11.4. The number of alkyl halides is 1. The van der Waals surface area contributed by atoms with Crippen LogP contribution in [-0.4, -0.2) is 12.7 Å². The third-order valence-corrected chi connectivity index (χ3v) is 0.858. The van der Waals surface area contributed by atoms with Gasteiger partial charge in [0, 0.05) is 6.04 Å². The van der Waals surface area contributed by atoms with E-state index in [2.05, 4.69) is 0 Å². The molecule has 1 atom stereocenters. The van der Waals surface area contributed by atoms with E-state index in [0.29, 0.717) is 0 Å². The van der Waals surface area contributed by atoms with E-state index in [1.807, 2.05) is 6.92 Å². The molecule has 2 heteroatoms. The minimum Gasteiger partial charge on any atom is -0.325 e. The molecular weight excluding hydrogens is 93.1 g/mol. The molecule has 0 rings (SSSR count). The Bertz CT molecular complexity index is 39.1. The van der Waals surface area contributed by atoms with Crippen LogP contribution in [-0.2, 0) is 0 Å². The summed E-state index contributed by atoms with van der Waals surface area (Å²) in [6, 6.07) is -0.218. The lowest BCUT2D eigenvalue weighted by molar-refractivity contribution is 0.411. The average molecular weight is 105 g/mol. The van der Waals surface area contributed by atoms with Crippen molar-refractivity contribution in [3.63, 3.8) is 0 Å². The highest BCUT2D eigenvalue weighted by atomic mass is 19.1. The fraction of sp³-hybridized carbons (Fsp3) is 1.00. The molecule has 0 fully saturated rings. The average Bonchev–Trinajstić information content (AvgIpc) is 1.68. The smallest absolute Gasteiger partial charge is 0.104 e. The molecule has 0 aliphatic heterocycles. The van der Waals surface area contributed by atoms with Crippen molar-refractivity contribution in [1.29, 1.82) is 0 Å². The Hall–Kier alpha value is -0.110. The maximum absolute atomic E-state index is 11.4. The van der Waals surface area contributed by atoms with E-state index < -0.39 is 0 Å². The van der Waals surface area contributed by atoms with Crippen molar-refractivity contribution in [3.8, 4) is 0 Å². The molecule has 0 aromatic rings. The molecule has 0 aromatic carbocycles. The van der Waals surface area contributed by atoms with Gasteiger partial charge in [0.05, 0.1) is 0 Å². The molecular formula is C5H12FN. The van der Waals surface area contributed by atoms with E-state index >= 15 is 0 Å². The highest BCUT2D eigenvalue weighted by Crippen LogP contribution is 1.91. The number of hydrogen-bond donors (Lipinski definition) is 1. The minimum absolute atomic E-state index is 0.218. The Morgan fingerprint density at radius 3 is 2.43 bits per heavy atom. The molecule has 1 unspecified atom stereocenters. The number of halogens is 1. The Kier molecular flexibility index (Phi) is 4.00. The van der Waals surface area contributed by atoms with Gasteiger partial charge in [0.25, 0.3) is 0 Å². The quantitative estimate of drug-likeness (QED) is 0.571. The van der Waals surface area contributed by atoms with Crippen molar-refractivity contribution in [3.05, 3.63) is 0 Å². The summed E-state index contributed by atoms with van der Waals surface area (Å²) in [5.74, 6) is 0. The third kappa shape index (κ3) is 3.73. The molecule has 0 aromatic heterocycles. The van der Waals surface area contributed by atoms with E-state index in [-0.39, 0.29) is 12.7 Å². The molecule has 0 saturated heterocycles. The van der Waals surface area contributed by atoms with Gasteiger partial charge >= 0.3 is 0 Å². The monoisotopic (exact) mass is 105 g/mol. The van der Waals surface area contributed by atoms with E-state index in [4.69, 9.17) is 5.73 Å². The van der Waals surface area contributed by atoms with Crippen molar-refractivity contribution in [2.24, 2.45) is 5.73 Å². The zero-order valence-electron chi connectivity index (χ0n) is 4.65. The standard InChI is InChI=1S/C5H12FN/c1-2-3-5(7)4-6/h5H,2-4,7H2,1H3. The van der Waals surface area contributed by atoms with Gasteiger partial charge in [0.1, 0.15) is 6.67 Å². The Balaban J connectivity index is 2.83. The van der Waals surface area contributed by atoms with Gasteiger partial charge in [-0.05, 0) is 6.42 Å². The fourth-order valence-corrected chi connectivity index (χ4v) is 0.448. The minimum atomic E-state index is -0.381. The lowest BCUT2D eigenvalue weighted by Gasteiger charge is -2.00. The van der Waals surface area contributed by atoms with Gasteiger partial charge in [-0.15, -0.1) is 0 Å². The summed E-state index contributed by atoms with van der Waals surface area (Å²) in [5.41, 5.74) is 5.21. The summed E-state index contributed by atoms with van der Waals surface area (Å²) in [5, 5.41) is 0. The van der Waals surface area contributed by atoms with Crippen molar-refractivity contribution >= 4 is 0 Å². The van der Waals surface area contributed by atoms with Gasteiger partial charge in [-0.2, -0.15) is 0 Å². The predicted octanol–water partition coefficient (Wildman–Crippen LogP) is 1.08. The molecule has 2 N–H and O–H groups in total. The maximum Gasteiger partial charge on any atom is 0.104 e. The largest absolute Gasteiger partial charge is 0.325 e. The van der Waals surface area contributed by atoms with Crippen LogP contribution in [0.2, 0.25) is 0 Å². The number of hydrogen-bond acceptors (Lipinski definition) is 1. The molecule has 0 aliphatic rings. The summed E-state index contributed by atoms with van der Waals surface area (Å²) in [6.45, 7) is 1.61. The molecule has 0 spiro atoms. The zero-order valence-corrected chi connectivity index (χ0v) is 4.65. The van der Waals surface area contributed by atoms with E-state index in [1.54, 1.807) is 0 Å². The Morgan fingerprint density at radius 2 is 2.29 bits per heavy atom. The van der Waals surface area contributed by atoms with Crippen LogP contribution in [0.15, 0.2) is 0 Å². The Labute approximate surface area is 43.7 Å². The van der Waals surface area contributed by atoms with E-state index in [0.717, 1.165) is 12.8 Å². The van der Waals surface area contributed by atoms with Gasteiger partial charge in [0.2, 0.25) is 0 Å². The molecule has 44 valence electrons. The summed E-state index contributed by atoms with van der Waals surface area (Å²) >= 11 is 0. The summed E-state index contributed by atoms with van der Waals surface area (Å²) < 4.78 is 11.4. The molecule has 0 aliphatic carbocycles. The normalized spacial score (nSPS) is 14.1. The first-order valence-electron chi connectivity index (χ1n) is 2.62. The number of rotatable bonds is 3. The van der Waals surface area contributed by atoms with Crippen molar-refractivity contribution < 1.29 is 4.39 Å². The van der Waals surface area contributed by atoms with Crippen LogP contribution in [0.1, 0.15) is 19.8 Å². The van der Waals surface area contributed by atoms with Gasteiger partial charge in [-0.25, -0.2) is 4.39 Å². The van der Waals surface area contributed by atoms with Gasteiger partial charge in [-0.1, -0.05) is 13.3 Å². The summed E-state index contributed by atoms with van der Waals surface area (Å²) in [7, 11) is 0. The number of nitrogens with two attached hydrogens (primary N) is 1. The first-order valence-corrected chi connectivity index (χ1v) is 2.62. The fourth-order valence-electron chi connectivity index (χ4n) is 0.448. The van der Waals surface area contributed by atoms with Gasteiger partial charge in [0.15, 0.2) is 0 Å². The molecule has 7 heavy (non-hydrogen) atoms. The van der Waals surface area contributed by atoms with Crippen molar-refractivity contribution in [2.45, 2.75) is 25.8 Å². The van der Waals surface area contributed by atoms with Gasteiger partial charge < -0.3 is 5.73 Å². The van der Waals surface area contributed by atoms with Gasteiger partial charge in [-0.3, -0.25) is 0 Å². The molecule has 0 heterocycles. The molecule has 1 nitrogen and oxygen atoms in total. The van der Waals surface area contributed by atoms with Crippen LogP contribution < -0.4 is 5.73 Å². The lowest BCUT2D eigenvalue weighted by Crippen LogP contribution is -2.21. The SMILES string of the molecule is CCCC(N)CF. The second kappa shape index (κ2) is 4.06. The zero-order chi connectivity index (χ0) is 5.70. The molecule has 0 bridgehead atoms. The first-order chi connectivity index (χ1) is 3.31. The van der Waals surface area contributed by atoms with Crippen LogP contribution >= 0.6 is 0 Å². The predicted molar refractivity (Wildman–Crippen MR) is 28.9 cm³/mol. The van der Waals surface area contributed by atoms with Crippen molar-refractivity contribution in [2.75, 3.05) is 6.67 Å². The van der Waals surface area contributed by atoms with Crippen LogP contribution in [0.5, 0.6) is 0 Å². The van der Waals surface area contributed by atoms with E-state index in [1.165, 1.54) is 0 Å². The van der Waals surface area contributed by atoms with Crippen LogP contribution in [0.4, 0.5) is 4.39 Å². The first kappa shape index (κ1) is 6.89. The topological polar surface area (TPSA) is 26.0 Å².